The van der Waals surface area contributed by atoms with Crippen LogP contribution in [0.2, 0.25) is 18.1 Å². The highest BCUT2D eigenvalue weighted by Crippen LogP contribution is 2.37. The minimum Gasteiger partial charge on any atom is -0.414 e. The first-order valence-electron chi connectivity index (χ1n) is 4.88. The van der Waals surface area contributed by atoms with Crippen LogP contribution in [0.4, 0.5) is 0 Å². The van der Waals surface area contributed by atoms with Crippen molar-refractivity contribution >= 4 is 8.32 Å². The summed E-state index contributed by atoms with van der Waals surface area (Å²) in [4.78, 5) is 0. The fraction of sp³-hybridized carbons (Fsp3) is 1.00. The maximum Gasteiger partial charge on any atom is 0.192 e. The van der Waals surface area contributed by atoms with E-state index in [0.29, 0.717) is 11.1 Å². The predicted octanol–water partition coefficient (Wildman–Crippen LogP) is 3.81. The summed E-state index contributed by atoms with van der Waals surface area (Å²) in [6, 6.07) is 0. The van der Waals surface area contributed by atoms with Crippen LogP contribution in [0, 0.1) is 0 Å². The van der Waals surface area contributed by atoms with Gasteiger partial charge in [0.05, 0.1) is 0 Å². The molecule has 0 saturated heterocycles. The van der Waals surface area contributed by atoms with Crippen molar-refractivity contribution in [2.45, 2.75) is 65.3 Å². The molecular formula is C10H24OSi. The highest BCUT2D eigenvalue weighted by atomic mass is 28.4. The number of rotatable bonds is 3. The molecule has 0 aromatic heterocycles. The van der Waals surface area contributed by atoms with Gasteiger partial charge in [0, 0.05) is 6.10 Å². The monoisotopic (exact) mass is 188 g/mol. The van der Waals surface area contributed by atoms with Gasteiger partial charge >= 0.3 is 0 Å². The summed E-state index contributed by atoms with van der Waals surface area (Å²) in [5.41, 5.74) is 0. The lowest BCUT2D eigenvalue weighted by Crippen LogP contribution is -2.43. The largest absolute Gasteiger partial charge is 0.414 e. The second-order valence-corrected chi connectivity index (χ2v) is 9.85. The van der Waals surface area contributed by atoms with Gasteiger partial charge in [0.15, 0.2) is 8.32 Å². The van der Waals surface area contributed by atoms with E-state index < -0.39 is 8.32 Å². The zero-order valence-corrected chi connectivity index (χ0v) is 10.7. The molecular weight excluding hydrogens is 164 g/mol. The molecule has 0 amide bonds. The van der Waals surface area contributed by atoms with Crippen molar-refractivity contribution in [2.75, 3.05) is 0 Å². The molecule has 0 rings (SSSR count). The molecule has 0 aliphatic rings. The van der Waals surface area contributed by atoms with E-state index in [0.717, 1.165) is 6.42 Å². The van der Waals surface area contributed by atoms with E-state index in [1.807, 2.05) is 0 Å². The molecule has 0 spiro atoms. The molecule has 0 bridgehead atoms. The van der Waals surface area contributed by atoms with Gasteiger partial charge in [0.1, 0.15) is 0 Å². The SMILES string of the molecule is CC[C@H](C)O[Si](C)(C)C(C)(C)C. The third-order valence-corrected chi connectivity index (χ3v) is 7.48. The van der Waals surface area contributed by atoms with E-state index in [1.165, 1.54) is 0 Å². The normalized spacial score (nSPS) is 16.2. The summed E-state index contributed by atoms with van der Waals surface area (Å²) in [5.74, 6) is 0. The Labute approximate surface area is 78.6 Å². The van der Waals surface area contributed by atoms with Gasteiger partial charge in [-0.2, -0.15) is 0 Å². The van der Waals surface area contributed by atoms with Crippen LogP contribution in [0.1, 0.15) is 41.0 Å². The van der Waals surface area contributed by atoms with Crippen LogP contribution >= 0.6 is 0 Å². The van der Waals surface area contributed by atoms with Gasteiger partial charge in [-0.3, -0.25) is 0 Å². The van der Waals surface area contributed by atoms with Crippen molar-refractivity contribution in [2.24, 2.45) is 0 Å². The molecule has 0 radical (unpaired) electrons. The molecule has 0 N–H and O–H groups in total. The standard InChI is InChI=1S/C10H24OSi/c1-8-9(2)11-12(6,7)10(3,4)5/h9H,8H2,1-7H3/t9-/m0/s1. The first-order chi connectivity index (χ1) is 5.20. The lowest BCUT2D eigenvalue weighted by atomic mass is 10.2. The van der Waals surface area contributed by atoms with E-state index >= 15 is 0 Å². The van der Waals surface area contributed by atoms with Crippen LogP contribution in [0.25, 0.3) is 0 Å². The molecule has 0 fully saturated rings. The summed E-state index contributed by atoms with van der Waals surface area (Å²) in [7, 11) is -1.49. The molecule has 0 aliphatic carbocycles. The van der Waals surface area contributed by atoms with E-state index in [1.54, 1.807) is 0 Å². The first-order valence-corrected chi connectivity index (χ1v) is 7.79. The molecule has 0 unspecified atom stereocenters. The molecule has 0 aliphatic heterocycles. The molecule has 0 heterocycles. The fourth-order valence-electron chi connectivity index (χ4n) is 0.763. The van der Waals surface area contributed by atoms with Crippen LogP contribution in [0.15, 0.2) is 0 Å². The Kier molecular flexibility index (Phi) is 3.98. The molecule has 1 atom stereocenters. The van der Waals surface area contributed by atoms with Crippen molar-refractivity contribution in [3.8, 4) is 0 Å². The van der Waals surface area contributed by atoms with Gasteiger partial charge in [0.2, 0.25) is 0 Å². The van der Waals surface area contributed by atoms with Gasteiger partial charge in [-0.05, 0) is 31.5 Å². The summed E-state index contributed by atoms with van der Waals surface area (Å²) >= 11 is 0. The Morgan fingerprint density at radius 3 is 1.92 bits per heavy atom. The second-order valence-electron chi connectivity index (χ2n) is 5.10. The molecule has 0 aromatic rings. The minimum atomic E-state index is -1.49. The Hall–Kier alpha value is 0.177. The van der Waals surface area contributed by atoms with Crippen LogP contribution in [0.5, 0.6) is 0 Å². The summed E-state index contributed by atoms with van der Waals surface area (Å²) in [5, 5.41) is 0.344. The Morgan fingerprint density at radius 1 is 1.25 bits per heavy atom. The van der Waals surface area contributed by atoms with Crippen molar-refractivity contribution in [3.05, 3.63) is 0 Å². The molecule has 0 saturated carbocycles. The summed E-state index contributed by atoms with van der Waals surface area (Å²) in [6.45, 7) is 15.8. The topological polar surface area (TPSA) is 9.23 Å². The second kappa shape index (κ2) is 3.92. The van der Waals surface area contributed by atoms with Gasteiger partial charge in [0.25, 0.3) is 0 Å². The van der Waals surface area contributed by atoms with E-state index in [2.05, 4.69) is 47.7 Å². The zero-order valence-electron chi connectivity index (χ0n) is 9.69. The van der Waals surface area contributed by atoms with Gasteiger partial charge in [-0.25, -0.2) is 0 Å². The lowest BCUT2D eigenvalue weighted by molar-refractivity contribution is 0.195. The van der Waals surface area contributed by atoms with Gasteiger partial charge in [-0.15, -0.1) is 0 Å². The maximum absolute atomic E-state index is 6.09. The van der Waals surface area contributed by atoms with Crippen molar-refractivity contribution in [1.29, 1.82) is 0 Å². The smallest absolute Gasteiger partial charge is 0.192 e. The minimum absolute atomic E-state index is 0.344. The quantitative estimate of drug-likeness (QED) is 0.612. The Bertz CT molecular complexity index is 135. The highest BCUT2D eigenvalue weighted by molar-refractivity contribution is 6.74. The third-order valence-electron chi connectivity index (χ3n) is 2.88. The summed E-state index contributed by atoms with van der Waals surface area (Å²) < 4.78 is 6.09. The van der Waals surface area contributed by atoms with Crippen LogP contribution in [-0.4, -0.2) is 14.4 Å². The maximum atomic E-state index is 6.09. The predicted molar refractivity (Wildman–Crippen MR) is 58.0 cm³/mol. The van der Waals surface area contributed by atoms with Gasteiger partial charge < -0.3 is 4.43 Å². The number of hydrogen-bond donors (Lipinski definition) is 0. The highest BCUT2D eigenvalue weighted by Gasteiger charge is 2.37. The van der Waals surface area contributed by atoms with E-state index in [-0.39, 0.29) is 0 Å². The Balaban J connectivity index is 4.22. The fourth-order valence-corrected chi connectivity index (χ4v) is 2.29. The van der Waals surface area contributed by atoms with Crippen LogP contribution in [-0.2, 0) is 4.43 Å². The molecule has 0 aromatic carbocycles. The van der Waals surface area contributed by atoms with E-state index in [9.17, 15) is 0 Å². The lowest BCUT2D eigenvalue weighted by Gasteiger charge is -2.38. The molecule has 1 nitrogen and oxygen atoms in total. The average molecular weight is 188 g/mol. The van der Waals surface area contributed by atoms with E-state index in [4.69, 9.17) is 4.43 Å². The van der Waals surface area contributed by atoms with Crippen molar-refractivity contribution < 1.29 is 4.43 Å². The zero-order chi connectivity index (χ0) is 9.99. The third kappa shape index (κ3) is 3.28. The van der Waals surface area contributed by atoms with Crippen LogP contribution < -0.4 is 0 Å². The number of hydrogen-bond acceptors (Lipinski definition) is 1. The first kappa shape index (κ1) is 12.2. The van der Waals surface area contributed by atoms with Crippen molar-refractivity contribution in [3.63, 3.8) is 0 Å². The van der Waals surface area contributed by atoms with Crippen molar-refractivity contribution in [1.82, 2.24) is 0 Å². The average Bonchev–Trinajstić information content (AvgIpc) is 1.84. The van der Waals surface area contributed by atoms with Gasteiger partial charge in [-0.1, -0.05) is 27.7 Å². The Morgan fingerprint density at radius 2 is 1.67 bits per heavy atom. The molecule has 74 valence electrons. The molecule has 2 heteroatoms. The van der Waals surface area contributed by atoms with Crippen LogP contribution in [0.3, 0.4) is 0 Å². The summed E-state index contributed by atoms with van der Waals surface area (Å²) in [6.07, 6.45) is 1.54. The molecule has 12 heavy (non-hydrogen) atoms.